The highest BCUT2D eigenvalue weighted by molar-refractivity contribution is 5.99. The predicted molar refractivity (Wildman–Crippen MR) is 102 cm³/mol. The molecule has 0 saturated heterocycles. The first kappa shape index (κ1) is 20.0. The highest BCUT2D eigenvalue weighted by Crippen LogP contribution is 2.20. The van der Waals surface area contributed by atoms with Gasteiger partial charge in [0.2, 0.25) is 0 Å². The second-order valence-electron chi connectivity index (χ2n) is 6.03. The second-order valence-corrected chi connectivity index (χ2v) is 6.03. The molecule has 0 aliphatic rings. The summed E-state index contributed by atoms with van der Waals surface area (Å²) < 4.78 is 5.15. The van der Waals surface area contributed by atoms with Crippen LogP contribution in [0, 0.1) is 6.92 Å². The van der Waals surface area contributed by atoms with Crippen LogP contribution >= 0.6 is 0 Å². The fraction of sp³-hybridized carbons (Fsp3) is 0.250. The topological polar surface area (TPSA) is 103 Å². The summed E-state index contributed by atoms with van der Waals surface area (Å²) in [5.41, 5.74) is 6.17. The van der Waals surface area contributed by atoms with Gasteiger partial charge >= 0.3 is 0 Å². The van der Waals surface area contributed by atoms with Crippen molar-refractivity contribution in [1.82, 2.24) is 5.43 Å². The van der Waals surface area contributed by atoms with Crippen LogP contribution in [0.2, 0.25) is 0 Å². The van der Waals surface area contributed by atoms with Gasteiger partial charge in [0.25, 0.3) is 5.91 Å². The SMILES string of the molecule is COc1ccc(/C(C)=N\NC(=O)CNc2ccc(C)cc2)cc1CC(=O)[O-]. The molecule has 0 heterocycles. The maximum atomic E-state index is 11.9. The summed E-state index contributed by atoms with van der Waals surface area (Å²) in [5.74, 6) is -1.03. The number of hydrazone groups is 1. The lowest BCUT2D eigenvalue weighted by Gasteiger charge is -2.11. The maximum Gasteiger partial charge on any atom is 0.259 e. The standard InChI is InChI=1S/C20H23N3O4/c1-13-4-7-17(8-5-13)21-12-19(24)23-22-14(2)15-6-9-18(27-3)16(10-15)11-20(25)26/h4-10,21H,11-12H2,1-3H3,(H,23,24)(H,25,26)/p-1/b22-14-. The van der Waals surface area contributed by atoms with E-state index in [1.54, 1.807) is 25.1 Å². The van der Waals surface area contributed by atoms with E-state index in [4.69, 9.17) is 4.74 Å². The van der Waals surface area contributed by atoms with Gasteiger partial charge in [-0.05, 0) is 49.7 Å². The molecule has 0 atom stereocenters. The summed E-state index contributed by atoms with van der Waals surface area (Å²) in [6.07, 6.45) is -0.267. The molecule has 0 aromatic heterocycles. The summed E-state index contributed by atoms with van der Waals surface area (Å²) in [7, 11) is 1.47. The Balaban J connectivity index is 1.98. The molecular weight excluding hydrogens is 346 g/mol. The fourth-order valence-corrected chi connectivity index (χ4v) is 2.40. The molecule has 7 nitrogen and oxygen atoms in total. The van der Waals surface area contributed by atoms with E-state index < -0.39 is 5.97 Å². The minimum absolute atomic E-state index is 0.0817. The van der Waals surface area contributed by atoms with Crippen LogP contribution in [-0.4, -0.2) is 31.2 Å². The van der Waals surface area contributed by atoms with Crippen LogP contribution in [0.5, 0.6) is 5.75 Å². The van der Waals surface area contributed by atoms with Crippen molar-refractivity contribution in [2.75, 3.05) is 19.0 Å². The molecule has 1 amide bonds. The van der Waals surface area contributed by atoms with Crippen molar-refractivity contribution in [3.05, 3.63) is 59.2 Å². The van der Waals surface area contributed by atoms with Crippen molar-refractivity contribution in [2.24, 2.45) is 5.10 Å². The number of anilines is 1. The Morgan fingerprint density at radius 1 is 1.15 bits per heavy atom. The van der Waals surface area contributed by atoms with Gasteiger partial charge in [-0.15, -0.1) is 0 Å². The number of benzene rings is 2. The lowest BCUT2D eigenvalue weighted by atomic mass is 10.0. The Kier molecular flexibility index (Phi) is 6.93. The number of nitrogens with one attached hydrogen (secondary N) is 2. The molecule has 27 heavy (non-hydrogen) atoms. The number of rotatable bonds is 8. The van der Waals surface area contributed by atoms with Crippen molar-refractivity contribution in [3.8, 4) is 5.75 Å². The van der Waals surface area contributed by atoms with E-state index in [1.807, 2.05) is 31.2 Å². The van der Waals surface area contributed by atoms with Gasteiger partial charge in [0.05, 0.1) is 19.4 Å². The second kappa shape index (κ2) is 9.38. The van der Waals surface area contributed by atoms with E-state index in [-0.39, 0.29) is 18.9 Å². The third-order valence-corrected chi connectivity index (χ3v) is 3.89. The molecule has 142 valence electrons. The van der Waals surface area contributed by atoms with Gasteiger partial charge in [0, 0.05) is 23.6 Å². The van der Waals surface area contributed by atoms with Gasteiger partial charge in [-0.2, -0.15) is 5.10 Å². The third-order valence-electron chi connectivity index (χ3n) is 3.89. The average molecular weight is 368 g/mol. The van der Waals surface area contributed by atoms with Gasteiger partial charge < -0.3 is 20.0 Å². The number of amides is 1. The molecule has 7 heteroatoms. The Labute approximate surface area is 158 Å². The van der Waals surface area contributed by atoms with Crippen LogP contribution in [0.1, 0.15) is 23.6 Å². The summed E-state index contributed by atoms with van der Waals surface area (Å²) in [6.45, 7) is 3.79. The Hall–Kier alpha value is -3.35. The Morgan fingerprint density at radius 3 is 2.48 bits per heavy atom. The quantitative estimate of drug-likeness (QED) is 0.539. The molecule has 2 aromatic carbocycles. The predicted octanol–water partition coefficient (Wildman–Crippen LogP) is 1.25. The number of carboxylic acid groups (broad SMARTS) is 1. The summed E-state index contributed by atoms with van der Waals surface area (Å²) >= 11 is 0. The van der Waals surface area contributed by atoms with Crippen molar-refractivity contribution < 1.29 is 19.4 Å². The van der Waals surface area contributed by atoms with Crippen LogP contribution in [-0.2, 0) is 16.0 Å². The minimum Gasteiger partial charge on any atom is -0.550 e. The maximum absolute atomic E-state index is 11.9. The molecule has 0 spiro atoms. The molecule has 2 N–H and O–H groups in total. The molecule has 0 bridgehead atoms. The number of carbonyl (C=O) groups is 2. The summed E-state index contributed by atoms with van der Waals surface area (Å²) in [5, 5.41) is 18.0. The van der Waals surface area contributed by atoms with E-state index >= 15 is 0 Å². The number of hydrogen-bond donors (Lipinski definition) is 2. The molecule has 0 aliphatic heterocycles. The Bertz CT molecular complexity index is 845. The molecular formula is C20H22N3O4-. The van der Waals surface area contributed by atoms with Crippen LogP contribution in [0.25, 0.3) is 0 Å². The first-order valence-corrected chi connectivity index (χ1v) is 8.40. The van der Waals surface area contributed by atoms with Crippen LogP contribution in [0.4, 0.5) is 5.69 Å². The molecule has 2 rings (SSSR count). The zero-order valence-corrected chi connectivity index (χ0v) is 15.5. The molecule has 0 fully saturated rings. The minimum atomic E-state index is -1.20. The number of ether oxygens (including phenoxy) is 1. The number of aryl methyl sites for hydroxylation is 1. The number of carbonyl (C=O) groups excluding carboxylic acids is 2. The zero-order chi connectivity index (χ0) is 19.8. The average Bonchev–Trinajstić information content (AvgIpc) is 2.65. The number of carboxylic acids is 1. The van der Waals surface area contributed by atoms with E-state index in [1.165, 1.54) is 7.11 Å². The van der Waals surface area contributed by atoms with E-state index in [0.29, 0.717) is 22.6 Å². The summed E-state index contributed by atoms with van der Waals surface area (Å²) in [4.78, 5) is 22.8. The monoisotopic (exact) mass is 368 g/mol. The van der Waals surface area contributed by atoms with Gasteiger partial charge in [-0.3, -0.25) is 4.79 Å². The van der Waals surface area contributed by atoms with Crippen molar-refractivity contribution >= 4 is 23.3 Å². The number of nitrogens with zero attached hydrogens (tertiary/aromatic N) is 1. The lowest BCUT2D eigenvalue weighted by Crippen LogP contribution is -2.27. The molecule has 0 aliphatic carbocycles. The Morgan fingerprint density at radius 2 is 1.85 bits per heavy atom. The van der Waals surface area contributed by atoms with E-state index in [2.05, 4.69) is 15.8 Å². The van der Waals surface area contributed by atoms with Gasteiger partial charge in [0.1, 0.15) is 5.75 Å². The number of hydrogen-bond acceptors (Lipinski definition) is 6. The summed E-state index contributed by atoms with van der Waals surface area (Å²) in [6, 6.07) is 12.8. The van der Waals surface area contributed by atoms with Gasteiger partial charge in [-0.1, -0.05) is 17.7 Å². The van der Waals surface area contributed by atoms with Crippen LogP contribution in [0.3, 0.4) is 0 Å². The first-order valence-electron chi connectivity index (χ1n) is 8.40. The normalized spacial score (nSPS) is 11.0. The molecule has 0 saturated carbocycles. The third kappa shape index (κ3) is 6.14. The van der Waals surface area contributed by atoms with Crippen molar-refractivity contribution in [1.29, 1.82) is 0 Å². The van der Waals surface area contributed by atoms with Gasteiger partial charge in [0.15, 0.2) is 0 Å². The van der Waals surface area contributed by atoms with Crippen molar-refractivity contribution in [2.45, 2.75) is 20.3 Å². The first-order chi connectivity index (χ1) is 12.9. The van der Waals surface area contributed by atoms with Gasteiger partial charge in [-0.25, -0.2) is 5.43 Å². The number of methoxy groups -OCH3 is 1. The fourth-order valence-electron chi connectivity index (χ4n) is 2.40. The number of aliphatic carboxylic acids is 1. The smallest absolute Gasteiger partial charge is 0.259 e. The molecule has 0 radical (unpaired) electrons. The lowest BCUT2D eigenvalue weighted by molar-refractivity contribution is -0.304. The van der Waals surface area contributed by atoms with Crippen LogP contribution in [0.15, 0.2) is 47.6 Å². The largest absolute Gasteiger partial charge is 0.550 e. The van der Waals surface area contributed by atoms with Crippen LogP contribution < -0.4 is 20.6 Å². The highest BCUT2D eigenvalue weighted by Gasteiger charge is 2.08. The zero-order valence-electron chi connectivity index (χ0n) is 15.5. The molecule has 2 aromatic rings. The van der Waals surface area contributed by atoms with E-state index in [9.17, 15) is 14.7 Å². The highest BCUT2D eigenvalue weighted by atomic mass is 16.5. The van der Waals surface area contributed by atoms with E-state index in [0.717, 1.165) is 11.3 Å². The van der Waals surface area contributed by atoms with Crippen molar-refractivity contribution in [3.63, 3.8) is 0 Å². The molecule has 0 unspecified atom stereocenters.